The van der Waals surface area contributed by atoms with Crippen molar-refractivity contribution in [2.24, 2.45) is 5.73 Å². The van der Waals surface area contributed by atoms with Crippen LogP contribution in [0.1, 0.15) is 12.5 Å². The number of hydrogen-bond acceptors (Lipinski definition) is 4. The van der Waals surface area contributed by atoms with E-state index < -0.39 is 5.91 Å². The third-order valence-corrected chi connectivity index (χ3v) is 2.18. The fraction of sp³-hybridized carbons (Fsp3) is 0.417. The number of carbonyl (C=O) groups excluding carboxylic acids is 1. The lowest BCUT2D eigenvalue weighted by Gasteiger charge is -2.11. The van der Waals surface area contributed by atoms with Crippen LogP contribution in [0.25, 0.3) is 0 Å². The Kier molecular flexibility index (Phi) is 7.91. The molecule has 0 fully saturated rings. The van der Waals surface area contributed by atoms with Gasteiger partial charge in [-0.3, -0.25) is 4.79 Å². The smallest absolute Gasteiger partial charge is 0.255 e. The predicted molar refractivity (Wildman–Crippen MR) is 72.3 cm³/mol. The highest BCUT2D eigenvalue weighted by atomic mass is 35.5. The number of rotatable bonds is 7. The summed E-state index contributed by atoms with van der Waals surface area (Å²) < 4.78 is 10.4. The molecule has 0 bridgehead atoms. The lowest BCUT2D eigenvalue weighted by Crippen LogP contribution is -2.20. The molecule has 3 N–H and O–H groups in total. The molecule has 0 unspecified atom stereocenters. The molecule has 1 aromatic rings. The van der Waals surface area contributed by atoms with Crippen molar-refractivity contribution >= 4 is 18.3 Å². The highest BCUT2D eigenvalue weighted by Gasteiger charge is 2.06. The zero-order valence-corrected chi connectivity index (χ0v) is 11.4. The second kappa shape index (κ2) is 8.60. The third kappa shape index (κ3) is 5.25. The molecule has 0 radical (unpaired) electrons. The van der Waals surface area contributed by atoms with E-state index in [1.807, 2.05) is 19.1 Å². The maximum Gasteiger partial charge on any atom is 0.255 e. The summed E-state index contributed by atoms with van der Waals surface area (Å²) in [6, 6.07) is 5.56. The predicted octanol–water partition coefficient (Wildman–Crippen LogP) is 1.09. The summed E-state index contributed by atoms with van der Waals surface area (Å²) in [5.74, 6) is 0.608. The van der Waals surface area contributed by atoms with Gasteiger partial charge in [0.25, 0.3) is 5.91 Å². The molecule has 102 valence electrons. The van der Waals surface area contributed by atoms with Crippen molar-refractivity contribution in [1.29, 1.82) is 0 Å². The van der Waals surface area contributed by atoms with E-state index >= 15 is 0 Å². The molecule has 0 aromatic heterocycles. The fourth-order valence-corrected chi connectivity index (χ4v) is 1.36. The largest absolute Gasteiger partial charge is 0.493 e. The molecule has 0 aliphatic carbocycles. The molecular formula is C12H19ClN2O3. The Labute approximate surface area is 113 Å². The summed E-state index contributed by atoms with van der Waals surface area (Å²) in [6.45, 7) is 3.57. The maximum atomic E-state index is 10.6. The molecule has 1 rings (SSSR count). The Morgan fingerprint density at radius 2 is 2.11 bits per heavy atom. The van der Waals surface area contributed by atoms with Crippen LogP contribution in [0.4, 0.5) is 0 Å². The molecule has 0 heterocycles. The monoisotopic (exact) mass is 274 g/mol. The number of nitrogens with one attached hydrogen (secondary N) is 1. The van der Waals surface area contributed by atoms with Crippen LogP contribution in [0, 0.1) is 0 Å². The molecular weight excluding hydrogens is 256 g/mol. The fourth-order valence-electron chi connectivity index (χ4n) is 1.36. The van der Waals surface area contributed by atoms with Crippen LogP contribution in [-0.2, 0) is 11.3 Å². The van der Waals surface area contributed by atoms with Gasteiger partial charge in [-0.15, -0.1) is 12.4 Å². The molecule has 0 saturated heterocycles. The van der Waals surface area contributed by atoms with Crippen molar-refractivity contribution in [2.45, 2.75) is 13.5 Å². The van der Waals surface area contributed by atoms with E-state index in [0.29, 0.717) is 11.5 Å². The van der Waals surface area contributed by atoms with Crippen molar-refractivity contribution < 1.29 is 14.3 Å². The number of nitrogens with two attached hydrogens (primary N) is 1. The van der Waals surface area contributed by atoms with E-state index in [9.17, 15) is 4.79 Å². The first-order valence-electron chi connectivity index (χ1n) is 5.46. The van der Waals surface area contributed by atoms with Gasteiger partial charge in [-0.1, -0.05) is 13.0 Å². The van der Waals surface area contributed by atoms with Crippen LogP contribution in [0.2, 0.25) is 0 Å². The number of amides is 1. The first-order valence-corrected chi connectivity index (χ1v) is 5.46. The van der Waals surface area contributed by atoms with E-state index in [1.165, 1.54) is 0 Å². The van der Waals surface area contributed by atoms with Gasteiger partial charge in [0.05, 0.1) is 7.11 Å². The Balaban J connectivity index is 0.00000289. The lowest BCUT2D eigenvalue weighted by atomic mass is 10.2. The zero-order chi connectivity index (χ0) is 12.7. The number of benzene rings is 1. The summed E-state index contributed by atoms with van der Waals surface area (Å²) in [5.41, 5.74) is 6.11. The van der Waals surface area contributed by atoms with Gasteiger partial charge in [-0.2, -0.15) is 0 Å². The molecule has 0 spiro atoms. The molecule has 0 saturated carbocycles. The minimum Gasteiger partial charge on any atom is -0.493 e. The van der Waals surface area contributed by atoms with E-state index in [2.05, 4.69) is 5.32 Å². The molecule has 1 amide bonds. The zero-order valence-electron chi connectivity index (χ0n) is 10.6. The maximum absolute atomic E-state index is 10.6. The van der Waals surface area contributed by atoms with Crippen molar-refractivity contribution in [1.82, 2.24) is 5.32 Å². The van der Waals surface area contributed by atoms with Crippen LogP contribution in [0.3, 0.4) is 0 Å². The van der Waals surface area contributed by atoms with E-state index in [-0.39, 0.29) is 19.0 Å². The molecule has 1 aromatic carbocycles. The van der Waals surface area contributed by atoms with Gasteiger partial charge in [0, 0.05) is 6.54 Å². The molecule has 0 aliphatic heterocycles. The molecule has 6 heteroatoms. The highest BCUT2D eigenvalue weighted by Crippen LogP contribution is 2.27. The van der Waals surface area contributed by atoms with Gasteiger partial charge >= 0.3 is 0 Å². The van der Waals surface area contributed by atoms with Gasteiger partial charge < -0.3 is 20.5 Å². The topological polar surface area (TPSA) is 73.6 Å². The van der Waals surface area contributed by atoms with Crippen molar-refractivity contribution in [2.75, 3.05) is 20.3 Å². The molecule has 0 atom stereocenters. The first-order chi connectivity index (χ1) is 8.17. The molecule has 18 heavy (non-hydrogen) atoms. The lowest BCUT2D eigenvalue weighted by molar-refractivity contribution is -0.119. The average Bonchev–Trinajstić information content (AvgIpc) is 2.34. The minimum atomic E-state index is -0.510. The van der Waals surface area contributed by atoms with Crippen molar-refractivity contribution in [3.8, 4) is 11.5 Å². The number of methoxy groups -OCH3 is 1. The first kappa shape index (κ1) is 16.5. The van der Waals surface area contributed by atoms with E-state index in [1.54, 1.807) is 13.2 Å². The number of ether oxygens (including phenoxy) is 2. The average molecular weight is 275 g/mol. The van der Waals surface area contributed by atoms with Crippen LogP contribution in [-0.4, -0.2) is 26.2 Å². The Morgan fingerprint density at radius 3 is 2.67 bits per heavy atom. The van der Waals surface area contributed by atoms with Crippen LogP contribution in [0.15, 0.2) is 18.2 Å². The number of halogens is 1. The van der Waals surface area contributed by atoms with Crippen LogP contribution in [0.5, 0.6) is 11.5 Å². The highest BCUT2D eigenvalue weighted by molar-refractivity contribution is 5.85. The van der Waals surface area contributed by atoms with Gasteiger partial charge in [-0.05, 0) is 24.2 Å². The number of hydrogen-bond donors (Lipinski definition) is 2. The molecule has 0 aliphatic rings. The SMILES string of the molecule is CCNCc1ccc(OCC(N)=O)c(OC)c1.Cl. The van der Waals surface area contributed by atoms with Crippen LogP contribution >= 0.6 is 12.4 Å². The molecule has 5 nitrogen and oxygen atoms in total. The number of carbonyl (C=O) groups is 1. The standard InChI is InChI=1S/C12H18N2O3.ClH/c1-3-14-7-9-4-5-10(11(6-9)16-2)17-8-12(13)15;/h4-6,14H,3,7-8H2,1-2H3,(H2,13,15);1H. The minimum absolute atomic E-state index is 0. The summed E-state index contributed by atoms with van der Waals surface area (Å²) in [6.07, 6.45) is 0. The second-order valence-corrected chi connectivity index (χ2v) is 3.52. The summed E-state index contributed by atoms with van der Waals surface area (Å²) in [5, 5.41) is 3.22. The summed E-state index contributed by atoms with van der Waals surface area (Å²) in [4.78, 5) is 10.6. The van der Waals surface area contributed by atoms with Crippen LogP contribution < -0.4 is 20.5 Å². The van der Waals surface area contributed by atoms with Gasteiger partial charge in [0.2, 0.25) is 0 Å². The third-order valence-electron chi connectivity index (χ3n) is 2.18. The van der Waals surface area contributed by atoms with Gasteiger partial charge in [0.1, 0.15) is 0 Å². The second-order valence-electron chi connectivity index (χ2n) is 3.52. The Bertz CT molecular complexity index is 386. The van der Waals surface area contributed by atoms with Crippen molar-refractivity contribution in [3.63, 3.8) is 0 Å². The Hall–Kier alpha value is -1.46. The summed E-state index contributed by atoms with van der Waals surface area (Å²) >= 11 is 0. The Morgan fingerprint density at radius 1 is 1.39 bits per heavy atom. The van der Waals surface area contributed by atoms with Gasteiger partial charge in [0.15, 0.2) is 18.1 Å². The normalized spacial score (nSPS) is 9.44. The van der Waals surface area contributed by atoms with E-state index in [4.69, 9.17) is 15.2 Å². The van der Waals surface area contributed by atoms with Gasteiger partial charge in [-0.25, -0.2) is 0 Å². The summed E-state index contributed by atoms with van der Waals surface area (Å²) in [7, 11) is 1.56. The number of primary amides is 1. The van der Waals surface area contributed by atoms with Crippen molar-refractivity contribution in [3.05, 3.63) is 23.8 Å². The quantitative estimate of drug-likeness (QED) is 0.781. The van der Waals surface area contributed by atoms with E-state index in [0.717, 1.165) is 18.7 Å².